The van der Waals surface area contributed by atoms with Crippen LogP contribution in [0.25, 0.3) is 0 Å². The number of aromatic nitrogens is 2. The molecule has 2 rings (SSSR count). The Balaban J connectivity index is 2.24. The molecule has 2 N–H and O–H groups in total. The van der Waals surface area contributed by atoms with Crippen molar-refractivity contribution < 1.29 is 4.39 Å². The fraction of sp³-hybridized carbons (Fsp3) is 0.0909. The summed E-state index contributed by atoms with van der Waals surface area (Å²) in [7, 11) is 0. The summed E-state index contributed by atoms with van der Waals surface area (Å²) in [4.78, 5) is 0. The van der Waals surface area contributed by atoms with Crippen LogP contribution in [0.3, 0.4) is 0 Å². The molecule has 0 aliphatic heterocycles. The molecule has 0 spiro atoms. The molecule has 82 valence electrons. The maximum Gasteiger partial charge on any atom is 0.164 e. The second-order valence-corrected chi connectivity index (χ2v) is 3.78. The molecule has 1 aromatic heterocycles. The monoisotopic (exact) mass is 237 g/mol. The smallest absolute Gasteiger partial charge is 0.164 e. The van der Waals surface area contributed by atoms with E-state index in [0.29, 0.717) is 17.1 Å². The van der Waals surface area contributed by atoms with Crippen molar-refractivity contribution in [2.45, 2.75) is 6.42 Å². The summed E-state index contributed by atoms with van der Waals surface area (Å²) in [5.41, 5.74) is 6.91. The van der Waals surface area contributed by atoms with Gasteiger partial charge in [-0.1, -0.05) is 23.7 Å². The number of hydrogen-bond donors (Lipinski definition) is 1. The van der Waals surface area contributed by atoms with Gasteiger partial charge in [0.1, 0.15) is 5.82 Å². The molecule has 16 heavy (non-hydrogen) atoms. The fourth-order valence-electron chi connectivity index (χ4n) is 1.36. The molecule has 5 heteroatoms. The van der Waals surface area contributed by atoms with E-state index in [1.54, 1.807) is 12.1 Å². The van der Waals surface area contributed by atoms with Gasteiger partial charge in [-0.3, -0.25) is 0 Å². The Morgan fingerprint density at radius 3 is 2.75 bits per heavy atom. The van der Waals surface area contributed by atoms with Gasteiger partial charge in [0.2, 0.25) is 0 Å². The topological polar surface area (TPSA) is 51.8 Å². The zero-order valence-electron chi connectivity index (χ0n) is 8.32. The van der Waals surface area contributed by atoms with E-state index in [1.807, 2.05) is 6.07 Å². The molecule has 1 aromatic carbocycles. The van der Waals surface area contributed by atoms with E-state index in [1.165, 1.54) is 12.1 Å². The molecular formula is C11H9ClFN3. The second kappa shape index (κ2) is 4.45. The van der Waals surface area contributed by atoms with Crippen LogP contribution in [-0.2, 0) is 6.42 Å². The maximum atomic E-state index is 12.9. The van der Waals surface area contributed by atoms with Crippen molar-refractivity contribution >= 4 is 17.4 Å². The summed E-state index contributed by atoms with van der Waals surface area (Å²) < 4.78 is 12.9. The van der Waals surface area contributed by atoms with Crippen LogP contribution in [0.5, 0.6) is 0 Å². The first-order chi connectivity index (χ1) is 7.65. The highest BCUT2D eigenvalue weighted by Crippen LogP contribution is 2.17. The Morgan fingerprint density at radius 2 is 2.06 bits per heavy atom. The van der Waals surface area contributed by atoms with Gasteiger partial charge in [-0.05, 0) is 23.8 Å². The van der Waals surface area contributed by atoms with E-state index in [-0.39, 0.29) is 11.6 Å². The quantitative estimate of drug-likeness (QED) is 0.873. The fourth-order valence-corrected chi connectivity index (χ4v) is 1.52. The summed E-state index contributed by atoms with van der Waals surface area (Å²) in [6.07, 6.45) is 0.477. The SMILES string of the molecule is Nc1nnc(Cc2cccc(F)c2)cc1Cl. The Hall–Kier alpha value is -1.68. The molecule has 2 aromatic rings. The largest absolute Gasteiger partial charge is 0.381 e. The molecule has 0 unspecified atom stereocenters. The highest BCUT2D eigenvalue weighted by atomic mass is 35.5. The third kappa shape index (κ3) is 2.46. The zero-order chi connectivity index (χ0) is 11.5. The van der Waals surface area contributed by atoms with Crippen LogP contribution < -0.4 is 5.73 Å². The number of rotatable bonds is 2. The van der Waals surface area contributed by atoms with E-state index >= 15 is 0 Å². The number of nitrogens with zero attached hydrogens (tertiary/aromatic N) is 2. The first-order valence-electron chi connectivity index (χ1n) is 4.67. The minimum Gasteiger partial charge on any atom is -0.381 e. The first-order valence-corrected chi connectivity index (χ1v) is 5.05. The summed E-state index contributed by atoms with van der Waals surface area (Å²) in [6.45, 7) is 0. The molecule has 0 amide bonds. The van der Waals surface area contributed by atoms with Gasteiger partial charge < -0.3 is 5.73 Å². The Kier molecular flexibility index (Phi) is 3.01. The summed E-state index contributed by atoms with van der Waals surface area (Å²) in [6, 6.07) is 7.94. The summed E-state index contributed by atoms with van der Waals surface area (Å²) in [5, 5.41) is 7.94. The second-order valence-electron chi connectivity index (χ2n) is 3.38. The Bertz CT molecular complexity index is 516. The average molecular weight is 238 g/mol. The van der Waals surface area contributed by atoms with Crippen molar-refractivity contribution in [2.75, 3.05) is 5.73 Å². The minimum absolute atomic E-state index is 0.199. The van der Waals surface area contributed by atoms with Gasteiger partial charge in [0.15, 0.2) is 5.82 Å². The van der Waals surface area contributed by atoms with Crippen LogP contribution >= 0.6 is 11.6 Å². The van der Waals surface area contributed by atoms with Gasteiger partial charge in [0.25, 0.3) is 0 Å². The molecule has 0 aliphatic carbocycles. The van der Waals surface area contributed by atoms with Crippen molar-refractivity contribution in [3.05, 3.63) is 52.4 Å². The molecule has 0 saturated heterocycles. The van der Waals surface area contributed by atoms with Gasteiger partial charge in [0, 0.05) is 6.42 Å². The van der Waals surface area contributed by atoms with E-state index < -0.39 is 0 Å². The molecule has 1 heterocycles. The van der Waals surface area contributed by atoms with Crippen LogP contribution in [0.4, 0.5) is 10.2 Å². The van der Waals surface area contributed by atoms with Crippen LogP contribution in [-0.4, -0.2) is 10.2 Å². The van der Waals surface area contributed by atoms with Gasteiger partial charge in [0.05, 0.1) is 10.7 Å². The van der Waals surface area contributed by atoms with Crippen LogP contribution in [0.1, 0.15) is 11.3 Å². The maximum absolute atomic E-state index is 12.9. The molecule has 0 saturated carbocycles. The van der Waals surface area contributed by atoms with Crippen LogP contribution in [0.2, 0.25) is 5.02 Å². The number of anilines is 1. The van der Waals surface area contributed by atoms with Gasteiger partial charge in [-0.15, -0.1) is 5.10 Å². The van der Waals surface area contributed by atoms with Crippen molar-refractivity contribution in [1.82, 2.24) is 10.2 Å². The highest BCUT2D eigenvalue weighted by Gasteiger charge is 2.03. The first kappa shape index (κ1) is 10.8. The van der Waals surface area contributed by atoms with Crippen LogP contribution in [0.15, 0.2) is 30.3 Å². The van der Waals surface area contributed by atoms with Crippen LogP contribution in [0, 0.1) is 5.82 Å². The average Bonchev–Trinajstić information content (AvgIpc) is 2.24. The predicted octanol–water partition coefficient (Wildman–Crippen LogP) is 2.44. The van der Waals surface area contributed by atoms with Crippen molar-refractivity contribution in [3.63, 3.8) is 0 Å². The van der Waals surface area contributed by atoms with E-state index in [0.717, 1.165) is 5.56 Å². The lowest BCUT2D eigenvalue weighted by molar-refractivity contribution is 0.626. The minimum atomic E-state index is -0.271. The number of nitrogen functional groups attached to an aromatic ring is 1. The Labute approximate surface area is 97.1 Å². The molecule has 0 radical (unpaired) electrons. The summed E-state index contributed by atoms with van der Waals surface area (Å²) in [5.74, 6) is -0.0725. The molecule has 0 atom stereocenters. The normalized spacial score (nSPS) is 10.4. The van der Waals surface area contributed by atoms with Crippen molar-refractivity contribution in [1.29, 1.82) is 0 Å². The van der Waals surface area contributed by atoms with E-state index in [2.05, 4.69) is 10.2 Å². The molecular weight excluding hydrogens is 229 g/mol. The molecule has 3 nitrogen and oxygen atoms in total. The van der Waals surface area contributed by atoms with Gasteiger partial charge in [-0.25, -0.2) is 4.39 Å². The van der Waals surface area contributed by atoms with Gasteiger partial charge in [-0.2, -0.15) is 5.10 Å². The number of benzene rings is 1. The van der Waals surface area contributed by atoms with Gasteiger partial charge >= 0.3 is 0 Å². The predicted molar refractivity (Wildman–Crippen MR) is 60.7 cm³/mol. The lowest BCUT2D eigenvalue weighted by Crippen LogP contribution is -1.99. The van der Waals surface area contributed by atoms with E-state index in [4.69, 9.17) is 17.3 Å². The van der Waals surface area contributed by atoms with Crippen molar-refractivity contribution in [2.24, 2.45) is 0 Å². The molecule has 0 fully saturated rings. The summed E-state index contributed by atoms with van der Waals surface area (Å²) >= 11 is 5.81. The number of halogens is 2. The lowest BCUT2D eigenvalue weighted by atomic mass is 10.1. The number of hydrogen-bond acceptors (Lipinski definition) is 3. The lowest BCUT2D eigenvalue weighted by Gasteiger charge is -2.02. The molecule has 0 bridgehead atoms. The third-order valence-corrected chi connectivity index (χ3v) is 2.40. The standard InChI is InChI=1S/C11H9ClFN3/c12-10-6-9(15-16-11(10)14)5-7-2-1-3-8(13)4-7/h1-4,6H,5H2,(H2,14,16). The number of nitrogens with two attached hydrogens (primary N) is 1. The Morgan fingerprint density at radius 1 is 1.25 bits per heavy atom. The zero-order valence-corrected chi connectivity index (χ0v) is 9.08. The van der Waals surface area contributed by atoms with Crippen molar-refractivity contribution in [3.8, 4) is 0 Å². The van der Waals surface area contributed by atoms with E-state index in [9.17, 15) is 4.39 Å². The molecule has 0 aliphatic rings. The highest BCUT2D eigenvalue weighted by molar-refractivity contribution is 6.32. The third-order valence-electron chi connectivity index (χ3n) is 2.10.